The minimum absolute atomic E-state index is 0.0949. The average Bonchev–Trinajstić information content (AvgIpc) is 2.29. The lowest BCUT2D eigenvalue weighted by atomic mass is 10.3. The van der Waals surface area contributed by atoms with E-state index in [1.165, 1.54) is 18.2 Å². The molecule has 0 saturated heterocycles. The summed E-state index contributed by atoms with van der Waals surface area (Å²) < 4.78 is 28.1. The number of rotatable bonds is 7. The molecule has 1 aromatic carbocycles. The summed E-state index contributed by atoms with van der Waals surface area (Å²) in [5, 5.41) is 13.5. The van der Waals surface area contributed by atoms with Gasteiger partial charge in [-0.15, -0.1) is 0 Å². The Morgan fingerprint density at radius 3 is 2.78 bits per heavy atom. The molecule has 18 heavy (non-hydrogen) atoms. The van der Waals surface area contributed by atoms with Gasteiger partial charge in [0.15, 0.2) is 0 Å². The third-order valence-corrected chi connectivity index (χ3v) is 2.28. The Balaban J connectivity index is 2.41. The van der Waals surface area contributed by atoms with E-state index in [-0.39, 0.29) is 23.9 Å². The molecular weight excluding hydrogens is 270 g/mol. The normalized spacial score (nSPS) is 10.7. The van der Waals surface area contributed by atoms with E-state index in [0.29, 0.717) is 5.69 Å². The van der Waals surface area contributed by atoms with Crippen molar-refractivity contribution in [3.63, 3.8) is 0 Å². The zero-order valence-corrected chi connectivity index (χ0v) is 9.99. The summed E-state index contributed by atoms with van der Waals surface area (Å²) in [5.74, 6) is 0. The van der Waals surface area contributed by atoms with Crippen LogP contribution in [0.15, 0.2) is 18.2 Å². The highest BCUT2D eigenvalue weighted by molar-refractivity contribution is 6.33. The van der Waals surface area contributed by atoms with E-state index in [9.17, 15) is 18.9 Å². The Kier molecular flexibility index (Phi) is 5.73. The van der Waals surface area contributed by atoms with Crippen LogP contribution in [0.4, 0.5) is 20.2 Å². The van der Waals surface area contributed by atoms with E-state index in [2.05, 4.69) is 10.1 Å². The minimum Gasteiger partial charge on any atom is -0.382 e. The number of hydrogen-bond donors (Lipinski definition) is 1. The predicted molar refractivity (Wildman–Crippen MR) is 63.4 cm³/mol. The monoisotopic (exact) mass is 280 g/mol. The number of anilines is 1. The first-order valence-corrected chi connectivity index (χ1v) is 5.42. The highest BCUT2D eigenvalue weighted by Crippen LogP contribution is 2.26. The first-order chi connectivity index (χ1) is 8.50. The molecule has 0 radical (unpaired) electrons. The maximum Gasteiger partial charge on any atom is 0.271 e. The van der Waals surface area contributed by atoms with Crippen LogP contribution in [0.3, 0.4) is 0 Å². The number of nitro groups is 1. The maximum absolute atomic E-state index is 11.7. The van der Waals surface area contributed by atoms with Gasteiger partial charge in [0.2, 0.25) is 0 Å². The lowest BCUT2D eigenvalue weighted by Gasteiger charge is -2.08. The number of nitrogens with zero attached hydrogens (tertiary/aromatic N) is 1. The largest absolute Gasteiger partial charge is 0.382 e. The molecule has 0 bridgehead atoms. The number of non-ortho nitro benzene ring substituents is 1. The third-order valence-electron chi connectivity index (χ3n) is 1.97. The first-order valence-electron chi connectivity index (χ1n) is 5.04. The quantitative estimate of drug-likeness (QED) is 0.474. The summed E-state index contributed by atoms with van der Waals surface area (Å²) in [7, 11) is 0. The fourth-order valence-electron chi connectivity index (χ4n) is 1.19. The first kappa shape index (κ1) is 14.6. The summed E-state index contributed by atoms with van der Waals surface area (Å²) in [4.78, 5) is 9.91. The predicted octanol–water partition coefficient (Wildman–Crippen LogP) is 2.94. The van der Waals surface area contributed by atoms with Gasteiger partial charge in [0.25, 0.3) is 12.1 Å². The highest BCUT2D eigenvalue weighted by atomic mass is 35.5. The average molecular weight is 281 g/mol. The molecule has 0 unspecified atom stereocenters. The van der Waals surface area contributed by atoms with Crippen LogP contribution in [0.1, 0.15) is 0 Å². The lowest BCUT2D eigenvalue weighted by Crippen LogP contribution is -2.13. The number of hydrogen-bond acceptors (Lipinski definition) is 4. The fourth-order valence-corrected chi connectivity index (χ4v) is 1.43. The van der Waals surface area contributed by atoms with Crippen molar-refractivity contribution in [3.05, 3.63) is 33.3 Å². The molecule has 0 aliphatic carbocycles. The zero-order chi connectivity index (χ0) is 13.5. The third kappa shape index (κ3) is 4.80. The number of ether oxygens (including phenoxy) is 1. The SMILES string of the molecule is O=[N+]([O-])c1ccc(NCCOCC(F)F)c(Cl)c1. The van der Waals surface area contributed by atoms with E-state index < -0.39 is 18.0 Å². The zero-order valence-electron chi connectivity index (χ0n) is 9.24. The smallest absolute Gasteiger partial charge is 0.271 e. The molecule has 0 fully saturated rings. The van der Waals surface area contributed by atoms with Gasteiger partial charge in [0.1, 0.15) is 6.61 Å². The van der Waals surface area contributed by atoms with Crippen LogP contribution in [-0.2, 0) is 4.74 Å². The summed E-state index contributed by atoms with van der Waals surface area (Å²) in [6.45, 7) is -0.239. The highest BCUT2D eigenvalue weighted by Gasteiger charge is 2.09. The molecule has 0 saturated carbocycles. The van der Waals surface area contributed by atoms with Crippen LogP contribution in [0.5, 0.6) is 0 Å². The number of nitrogens with one attached hydrogen (secondary N) is 1. The number of nitro benzene ring substituents is 1. The Bertz CT molecular complexity index is 418. The summed E-state index contributed by atoms with van der Waals surface area (Å²) in [6.07, 6.45) is -2.49. The molecule has 100 valence electrons. The van der Waals surface area contributed by atoms with Crippen molar-refractivity contribution in [3.8, 4) is 0 Å². The number of alkyl halides is 2. The number of benzene rings is 1. The molecule has 1 aromatic rings. The molecule has 0 spiro atoms. The van der Waals surface area contributed by atoms with E-state index in [1.807, 2.05) is 0 Å². The van der Waals surface area contributed by atoms with E-state index in [4.69, 9.17) is 11.6 Å². The van der Waals surface area contributed by atoms with Crippen LogP contribution in [0.25, 0.3) is 0 Å². The molecule has 0 aromatic heterocycles. The van der Waals surface area contributed by atoms with Gasteiger partial charge in [-0.1, -0.05) is 11.6 Å². The summed E-state index contributed by atoms with van der Waals surface area (Å²) >= 11 is 5.81. The lowest BCUT2D eigenvalue weighted by molar-refractivity contribution is -0.384. The van der Waals surface area contributed by atoms with Crippen molar-refractivity contribution >= 4 is 23.0 Å². The molecule has 0 aliphatic rings. The van der Waals surface area contributed by atoms with Crippen LogP contribution >= 0.6 is 11.6 Å². The molecule has 1 N–H and O–H groups in total. The molecule has 5 nitrogen and oxygen atoms in total. The molecule has 0 amide bonds. The van der Waals surface area contributed by atoms with Crippen molar-refractivity contribution in [1.82, 2.24) is 0 Å². The second-order valence-electron chi connectivity index (χ2n) is 3.31. The molecule has 1 rings (SSSR count). The van der Waals surface area contributed by atoms with Crippen molar-refractivity contribution in [1.29, 1.82) is 0 Å². The maximum atomic E-state index is 11.7. The van der Waals surface area contributed by atoms with Crippen LogP contribution in [0.2, 0.25) is 5.02 Å². The molecule has 0 aliphatic heterocycles. The van der Waals surface area contributed by atoms with Crippen molar-refractivity contribution in [2.24, 2.45) is 0 Å². The van der Waals surface area contributed by atoms with E-state index >= 15 is 0 Å². The van der Waals surface area contributed by atoms with Crippen molar-refractivity contribution in [2.75, 3.05) is 25.1 Å². The van der Waals surface area contributed by atoms with Gasteiger partial charge in [0, 0.05) is 18.7 Å². The van der Waals surface area contributed by atoms with Crippen LogP contribution in [0, 0.1) is 10.1 Å². The van der Waals surface area contributed by atoms with Gasteiger partial charge in [0.05, 0.1) is 22.2 Å². The fraction of sp³-hybridized carbons (Fsp3) is 0.400. The Labute approximate surface area is 107 Å². The Morgan fingerprint density at radius 1 is 1.50 bits per heavy atom. The Morgan fingerprint density at radius 2 is 2.22 bits per heavy atom. The van der Waals surface area contributed by atoms with Gasteiger partial charge >= 0.3 is 0 Å². The summed E-state index contributed by atoms with van der Waals surface area (Å²) in [5.41, 5.74) is 0.377. The molecule has 0 heterocycles. The molecule has 8 heteroatoms. The van der Waals surface area contributed by atoms with Gasteiger partial charge in [-0.05, 0) is 6.07 Å². The van der Waals surface area contributed by atoms with Gasteiger partial charge in [-0.2, -0.15) is 0 Å². The standard InChI is InChI=1S/C10H11ClF2N2O3/c11-8-5-7(15(16)17)1-2-9(8)14-3-4-18-6-10(12)13/h1-2,5,10,14H,3-4,6H2. The summed E-state index contributed by atoms with van der Waals surface area (Å²) in [6, 6.07) is 3.96. The second-order valence-corrected chi connectivity index (χ2v) is 3.72. The Hall–Kier alpha value is -1.47. The van der Waals surface area contributed by atoms with Crippen molar-refractivity contribution < 1.29 is 18.4 Å². The molecular formula is C10H11ClF2N2O3. The van der Waals surface area contributed by atoms with E-state index in [0.717, 1.165) is 0 Å². The van der Waals surface area contributed by atoms with Crippen molar-refractivity contribution in [2.45, 2.75) is 6.43 Å². The molecule has 0 atom stereocenters. The topological polar surface area (TPSA) is 64.4 Å². The second kappa shape index (κ2) is 7.07. The van der Waals surface area contributed by atoms with Crippen LogP contribution in [-0.4, -0.2) is 31.1 Å². The van der Waals surface area contributed by atoms with E-state index in [1.54, 1.807) is 0 Å². The minimum atomic E-state index is -2.49. The van der Waals surface area contributed by atoms with Gasteiger partial charge < -0.3 is 10.1 Å². The van der Waals surface area contributed by atoms with Gasteiger partial charge in [-0.3, -0.25) is 10.1 Å². The van der Waals surface area contributed by atoms with Crippen LogP contribution < -0.4 is 5.32 Å². The number of halogens is 3. The van der Waals surface area contributed by atoms with Gasteiger partial charge in [-0.25, -0.2) is 8.78 Å².